The molecule has 0 radical (unpaired) electrons. The third-order valence-electron chi connectivity index (χ3n) is 19.7. The summed E-state index contributed by atoms with van der Waals surface area (Å²) in [6.07, 6.45) is -84.9. The van der Waals surface area contributed by atoms with E-state index < -0.39 is 316 Å². The molecule has 0 aromatic heterocycles. The number of ether oxygens (including phenoxy) is 17. The van der Waals surface area contributed by atoms with Crippen LogP contribution in [0.1, 0.15) is 20.7 Å². The lowest BCUT2D eigenvalue weighted by atomic mass is 9.94. The van der Waals surface area contributed by atoms with Gasteiger partial charge in [0.2, 0.25) is 0 Å². The summed E-state index contributed by atoms with van der Waals surface area (Å²) in [6.45, 7) is -8.28. The Kier molecular flexibility index (Phi) is 27.6. The van der Waals surface area contributed by atoms with E-state index in [0.717, 1.165) is 6.07 Å². The molecule has 30 aliphatic heterocycles. The number of hydrogen-bond acceptors (Lipinski definition) is 42. The number of anilines is 1. The summed E-state index contributed by atoms with van der Waals surface area (Å²) in [6, 6.07) is 10.5. The summed E-state index contributed by atoms with van der Waals surface area (Å²) in [4.78, 5) is 24.5. The van der Waals surface area contributed by atoms with Crippen molar-refractivity contribution in [2.24, 2.45) is 0 Å². The van der Waals surface area contributed by atoms with Crippen LogP contribution in [0.2, 0.25) is 0 Å². The number of aliphatic hydroxyl groups is 22. The van der Waals surface area contributed by atoms with Crippen LogP contribution in [0.4, 0.5) is 5.69 Å². The SMILES string of the molecule is O=C(O)c1ccccc1NC[C@H]1O[C@@H]2O[C@H]3[C@@H](O)[C@H](O)[C@@H](O[C@H]4[C@@H](O)[C@H](O)[C@@H](O[C@H]5[C@H](O)[C@@H](O)[C@@H](O[C@H]6[C@@H](O)[C@H](O)[C@@H](O[C@H]7[C@H](O)[C@@H](O)[C@@H](O[C@H]8[C@H](O)[C@@H](O)[C@@H](O[C@H]9[C@H](O)[C@@H](O)[C@@H](O[C@H]1[C@H](O)[C@H]2O)O[C@@H]9CO)O[C@@H]8CO)O[C@@H]7CO)O[C@@H]6CO)O[C@@H]5COc1ccccc1C(=O)O)O[C@@H]4CO)O[C@@H]3CO. The first-order valence-electron chi connectivity index (χ1n) is 33.6. The predicted octanol–water partition coefficient (Wildman–Crippen LogP) is -13.8. The number of benzene rings is 2. The molecule has 30 aliphatic rings. The van der Waals surface area contributed by atoms with Crippen molar-refractivity contribution >= 4 is 17.6 Å². The van der Waals surface area contributed by atoms with Gasteiger partial charge in [0, 0.05) is 12.2 Å². The second kappa shape index (κ2) is 35.4. The molecule has 2 aromatic rings. The molecule has 600 valence electrons. The Hall–Kier alpha value is -4.54. The van der Waals surface area contributed by atoms with Crippen molar-refractivity contribution in [2.75, 3.05) is 58.1 Å². The molecule has 32 rings (SSSR count). The number of carboxylic acids is 2. The maximum absolute atomic E-state index is 12.3. The molecule has 44 nitrogen and oxygen atoms in total. The van der Waals surface area contributed by atoms with Gasteiger partial charge >= 0.3 is 11.9 Å². The summed E-state index contributed by atoms with van der Waals surface area (Å²) in [5, 5.41) is 274. The standard InChI is InChI=1S/C62H89NO43/c64-10-22-46-31(72)39(80)57(93-22)104-50-26(14-68)97-61(43(84)35(50)76)106-52-28(16-90-20-8-4-2-6-18(20)54(88)89)98-62(44(85)36(52)77)105-51-27(15-69)96-60(42(83)34(51)75)103-49-25(13-67)95-59(41(82)33(49)74)102-48-24(12-66)94-58(40(81)32(48)73)101-47-23(11-65)92-56(38(79)30(47)71)99-45-21(91-55(100-46)37(78)29(45)70)9-63-19-7-3-1-5-17(19)53(86)87/h1-8,21-52,55-85H,9-16H2,(H,86,87)(H,88,89)/t21-,22-,23-,24-,25-,26-,27-,28-,29-,30-,31+,32-,33-,34+,35+,36-,37-,38-,39+,40-,41-,42+,43+,44-,45-,46-,47-,48-,49-,50-,51-,52-,55-,56-,57-,58-,59-,60-,61-,62-/m1/s1. The molecule has 0 aliphatic carbocycles. The molecule has 40 atom stereocenters. The van der Waals surface area contributed by atoms with Crippen LogP contribution in [0, 0.1) is 0 Å². The number of hydrogen-bond donors (Lipinski definition) is 25. The minimum atomic E-state index is -2.35. The van der Waals surface area contributed by atoms with Gasteiger partial charge < -0.3 is 208 Å². The quantitative estimate of drug-likeness (QED) is 0.0835. The second-order valence-corrected chi connectivity index (χ2v) is 26.4. The Bertz CT molecular complexity index is 3080. The van der Waals surface area contributed by atoms with E-state index in [1.807, 2.05) is 0 Å². The Morgan fingerprint density at radius 1 is 0.283 bits per heavy atom. The highest BCUT2D eigenvalue weighted by molar-refractivity contribution is 5.94. The third kappa shape index (κ3) is 16.8. The number of rotatable bonds is 14. The Labute approximate surface area is 598 Å². The van der Waals surface area contributed by atoms with Crippen molar-refractivity contribution in [2.45, 2.75) is 246 Å². The lowest BCUT2D eigenvalue weighted by Crippen LogP contribution is -2.69. The molecule has 2 aromatic carbocycles. The van der Waals surface area contributed by atoms with Gasteiger partial charge in [-0.1, -0.05) is 24.3 Å². The van der Waals surface area contributed by atoms with E-state index in [-0.39, 0.29) is 17.0 Å². The molecule has 25 N–H and O–H groups in total. The van der Waals surface area contributed by atoms with Crippen LogP contribution in [0.15, 0.2) is 48.5 Å². The van der Waals surface area contributed by atoms with E-state index in [1.165, 1.54) is 42.5 Å². The van der Waals surface area contributed by atoms with E-state index in [4.69, 9.17) is 80.5 Å². The van der Waals surface area contributed by atoms with Crippen LogP contribution in [0.3, 0.4) is 0 Å². The largest absolute Gasteiger partial charge is 0.490 e. The van der Waals surface area contributed by atoms with Gasteiger partial charge in [-0.2, -0.15) is 0 Å². The van der Waals surface area contributed by atoms with Crippen LogP contribution in [0.5, 0.6) is 5.75 Å². The Morgan fingerprint density at radius 2 is 0.500 bits per heavy atom. The third-order valence-corrected chi connectivity index (χ3v) is 19.7. The van der Waals surface area contributed by atoms with E-state index in [0.29, 0.717) is 0 Å². The minimum Gasteiger partial charge on any atom is -0.490 e. The highest BCUT2D eigenvalue weighted by atomic mass is 16.8. The van der Waals surface area contributed by atoms with Gasteiger partial charge in [0.1, 0.15) is 213 Å². The first-order valence-corrected chi connectivity index (χ1v) is 33.6. The van der Waals surface area contributed by atoms with Gasteiger partial charge in [0.15, 0.2) is 50.3 Å². The fourth-order valence-corrected chi connectivity index (χ4v) is 13.9. The van der Waals surface area contributed by atoms with Crippen molar-refractivity contribution in [1.29, 1.82) is 0 Å². The number of aliphatic hydroxyl groups excluding tert-OH is 22. The van der Waals surface area contributed by atoms with Crippen LogP contribution in [-0.4, -0.2) is 433 Å². The van der Waals surface area contributed by atoms with E-state index >= 15 is 0 Å². The summed E-state index contributed by atoms with van der Waals surface area (Å²) in [5.41, 5.74) is -0.777. The number of carbonyl (C=O) groups is 2. The van der Waals surface area contributed by atoms with Crippen molar-refractivity contribution < 1.29 is 213 Å². The van der Waals surface area contributed by atoms with Gasteiger partial charge in [-0.15, -0.1) is 0 Å². The summed E-state index contributed by atoms with van der Waals surface area (Å²) in [5.74, 6) is -3.22. The molecule has 0 amide bonds. The monoisotopic (exact) mass is 1540 g/mol. The summed E-state index contributed by atoms with van der Waals surface area (Å²) >= 11 is 0. The normalized spacial score (nSPS) is 47.8. The predicted molar refractivity (Wildman–Crippen MR) is 328 cm³/mol. The molecule has 30 fully saturated rings. The number of carboxylic acid groups (broad SMARTS) is 2. The maximum atomic E-state index is 12.3. The van der Waals surface area contributed by atoms with Gasteiger partial charge in [0.25, 0.3) is 0 Å². The summed E-state index contributed by atoms with van der Waals surface area (Å²) in [7, 11) is 0. The maximum Gasteiger partial charge on any atom is 0.339 e. The Balaban J connectivity index is 0.897. The average Bonchev–Trinajstić information content (AvgIpc) is 0.774. The van der Waals surface area contributed by atoms with Crippen LogP contribution in [0.25, 0.3) is 0 Å². The summed E-state index contributed by atoms with van der Waals surface area (Å²) < 4.78 is 99.8. The van der Waals surface area contributed by atoms with Gasteiger partial charge in [-0.3, -0.25) is 0 Å². The molecule has 0 unspecified atom stereocenters. The first kappa shape index (κ1) is 82.4. The molecule has 44 heteroatoms. The fraction of sp³-hybridized carbons (Fsp3) is 0.774. The van der Waals surface area contributed by atoms with Gasteiger partial charge in [-0.05, 0) is 24.3 Å². The first-order chi connectivity index (χ1) is 50.6. The van der Waals surface area contributed by atoms with Crippen molar-refractivity contribution in [3.8, 4) is 5.75 Å². The second-order valence-electron chi connectivity index (χ2n) is 26.4. The van der Waals surface area contributed by atoms with Gasteiger partial charge in [-0.25, -0.2) is 9.59 Å². The molecule has 106 heavy (non-hydrogen) atoms. The van der Waals surface area contributed by atoms with E-state index in [1.54, 1.807) is 0 Å². The molecule has 16 bridgehead atoms. The van der Waals surface area contributed by atoms with Crippen molar-refractivity contribution in [1.82, 2.24) is 0 Å². The zero-order chi connectivity index (χ0) is 76.6. The average molecular weight is 1540 g/mol. The smallest absolute Gasteiger partial charge is 0.339 e. The number of aromatic carboxylic acids is 2. The highest BCUT2D eigenvalue weighted by Crippen LogP contribution is 2.41. The Morgan fingerprint density at radius 3 is 0.764 bits per heavy atom. The molecule has 0 saturated carbocycles. The number of para-hydroxylation sites is 2. The van der Waals surface area contributed by atoms with Crippen LogP contribution < -0.4 is 10.1 Å². The topological polar surface area (TPSA) is 689 Å². The number of nitrogens with one attached hydrogen (secondary N) is 1. The molecular formula is C62H89NO43. The van der Waals surface area contributed by atoms with Crippen molar-refractivity contribution in [3.63, 3.8) is 0 Å². The lowest BCUT2D eigenvalue weighted by molar-refractivity contribution is -0.403. The molecular weight excluding hydrogens is 1450 g/mol. The van der Waals surface area contributed by atoms with E-state index in [9.17, 15) is 132 Å². The lowest BCUT2D eigenvalue weighted by Gasteiger charge is -2.50. The van der Waals surface area contributed by atoms with Crippen LogP contribution >= 0.6 is 0 Å². The van der Waals surface area contributed by atoms with E-state index in [2.05, 4.69) is 5.32 Å². The zero-order valence-corrected chi connectivity index (χ0v) is 55.4. The fourth-order valence-electron chi connectivity index (χ4n) is 13.9. The minimum absolute atomic E-state index is 0.0693. The van der Waals surface area contributed by atoms with Gasteiger partial charge in [0.05, 0.1) is 45.2 Å². The molecule has 30 heterocycles. The van der Waals surface area contributed by atoms with Crippen LogP contribution in [-0.2, 0) is 75.8 Å². The highest BCUT2D eigenvalue weighted by Gasteiger charge is 2.61. The molecule has 0 spiro atoms. The molecule has 30 saturated heterocycles. The van der Waals surface area contributed by atoms with Crippen molar-refractivity contribution in [3.05, 3.63) is 59.7 Å². The zero-order valence-electron chi connectivity index (χ0n) is 55.4.